The minimum absolute atomic E-state index is 0.408. The van der Waals surface area contributed by atoms with Gasteiger partial charge in [0, 0.05) is 6.54 Å². The van der Waals surface area contributed by atoms with Crippen molar-refractivity contribution in [1.82, 2.24) is 4.90 Å². The first-order chi connectivity index (χ1) is 9.45. The Bertz CT molecular complexity index is 475. The van der Waals surface area contributed by atoms with Crippen molar-refractivity contribution < 1.29 is 0 Å². The molecule has 1 saturated heterocycles. The highest BCUT2D eigenvalue weighted by molar-refractivity contribution is 5.31. The van der Waals surface area contributed by atoms with Crippen LogP contribution in [0.1, 0.15) is 38.7 Å². The third kappa shape index (κ3) is 3.59. The van der Waals surface area contributed by atoms with Crippen LogP contribution in [-0.2, 0) is 5.54 Å². The van der Waals surface area contributed by atoms with Crippen molar-refractivity contribution in [2.75, 3.05) is 19.6 Å². The molecule has 1 fully saturated rings. The van der Waals surface area contributed by atoms with E-state index in [0.29, 0.717) is 12.0 Å². The zero-order chi connectivity index (χ0) is 14.6. The van der Waals surface area contributed by atoms with Gasteiger partial charge in [-0.05, 0) is 43.3 Å². The lowest BCUT2D eigenvalue weighted by molar-refractivity contribution is 0.230. The molecule has 2 N–H and O–H groups in total. The molecule has 1 unspecified atom stereocenters. The molecule has 0 spiro atoms. The van der Waals surface area contributed by atoms with E-state index in [1.54, 1.807) is 0 Å². The highest BCUT2D eigenvalue weighted by Crippen LogP contribution is 2.30. The van der Waals surface area contributed by atoms with Crippen LogP contribution in [0.25, 0.3) is 0 Å². The normalized spacial score (nSPS) is 22.5. The second-order valence-electron chi connectivity index (χ2n) is 6.74. The quantitative estimate of drug-likeness (QED) is 0.919. The second-order valence-corrected chi connectivity index (χ2v) is 6.74. The maximum Gasteiger partial charge on any atom is 0.142 e. The SMILES string of the molecule is CC1(C)CCCN(CC(N)(C#N)c2ccccc2)CC1. The summed E-state index contributed by atoms with van der Waals surface area (Å²) in [6.07, 6.45) is 3.60. The van der Waals surface area contributed by atoms with Gasteiger partial charge >= 0.3 is 0 Å². The van der Waals surface area contributed by atoms with Crippen molar-refractivity contribution in [1.29, 1.82) is 5.26 Å². The van der Waals surface area contributed by atoms with E-state index >= 15 is 0 Å². The smallest absolute Gasteiger partial charge is 0.142 e. The summed E-state index contributed by atoms with van der Waals surface area (Å²) in [5, 5.41) is 9.54. The number of nitrogens with two attached hydrogens (primary N) is 1. The summed E-state index contributed by atoms with van der Waals surface area (Å²) in [4.78, 5) is 2.35. The molecule has 0 bridgehead atoms. The van der Waals surface area contributed by atoms with Crippen LogP contribution in [-0.4, -0.2) is 24.5 Å². The van der Waals surface area contributed by atoms with Gasteiger partial charge < -0.3 is 10.6 Å². The first-order valence-electron chi connectivity index (χ1n) is 7.43. The molecule has 0 aromatic heterocycles. The third-order valence-corrected chi connectivity index (χ3v) is 4.39. The molecule has 1 aromatic carbocycles. The number of rotatable bonds is 3. The van der Waals surface area contributed by atoms with Crippen LogP contribution >= 0.6 is 0 Å². The van der Waals surface area contributed by atoms with E-state index in [2.05, 4.69) is 24.8 Å². The van der Waals surface area contributed by atoms with Crippen LogP contribution in [0.15, 0.2) is 30.3 Å². The number of hydrogen-bond donors (Lipinski definition) is 1. The Labute approximate surface area is 122 Å². The Kier molecular flexibility index (Phi) is 4.47. The summed E-state index contributed by atoms with van der Waals surface area (Å²) in [5.74, 6) is 0. The van der Waals surface area contributed by atoms with E-state index in [0.717, 1.165) is 18.7 Å². The summed E-state index contributed by atoms with van der Waals surface area (Å²) in [6.45, 7) is 7.34. The predicted octanol–water partition coefficient (Wildman–Crippen LogP) is 2.88. The molecule has 1 atom stereocenters. The minimum Gasteiger partial charge on any atom is -0.309 e. The molecule has 108 valence electrons. The lowest BCUT2D eigenvalue weighted by atomic mass is 9.85. The van der Waals surface area contributed by atoms with Gasteiger partial charge in [-0.3, -0.25) is 0 Å². The van der Waals surface area contributed by atoms with Gasteiger partial charge in [0.05, 0.1) is 6.07 Å². The molecular weight excluding hydrogens is 246 g/mol. The first-order valence-corrected chi connectivity index (χ1v) is 7.43. The van der Waals surface area contributed by atoms with Crippen LogP contribution < -0.4 is 5.73 Å². The molecular formula is C17H25N3. The number of nitriles is 1. The Morgan fingerprint density at radius 3 is 2.60 bits per heavy atom. The van der Waals surface area contributed by atoms with E-state index in [1.165, 1.54) is 19.3 Å². The molecule has 3 nitrogen and oxygen atoms in total. The Morgan fingerprint density at radius 2 is 1.95 bits per heavy atom. The monoisotopic (exact) mass is 271 g/mol. The number of benzene rings is 1. The van der Waals surface area contributed by atoms with E-state index in [1.807, 2.05) is 30.3 Å². The highest BCUT2D eigenvalue weighted by Gasteiger charge is 2.32. The van der Waals surface area contributed by atoms with Crippen molar-refractivity contribution >= 4 is 0 Å². The minimum atomic E-state index is -0.907. The predicted molar refractivity (Wildman–Crippen MR) is 82.0 cm³/mol. The fourth-order valence-electron chi connectivity index (χ4n) is 2.92. The fraction of sp³-hybridized carbons (Fsp3) is 0.588. The highest BCUT2D eigenvalue weighted by atomic mass is 15.1. The van der Waals surface area contributed by atoms with Gasteiger partial charge in [0.25, 0.3) is 0 Å². The average Bonchev–Trinajstić information content (AvgIpc) is 2.61. The maximum atomic E-state index is 9.54. The standard InChI is InChI=1S/C17H25N3/c1-16(2)9-6-11-20(12-10-16)14-17(19,13-18)15-7-4-3-5-8-15/h3-5,7-8H,6,9-12,14,19H2,1-2H3. The molecule has 0 aliphatic carbocycles. The van der Waals surface area contributed by atoms with Gasteiger partial charge in [0.15, 0.2) is 0 Å². The maximum absolute atomic E-state index is 9.54. The Hall–Kier alpha value is -1.37. The van der Waals surface area contributed by atoms with Gasteiger partial charge in [-0.15, -0.1) is 0 Å². The van der Waals surface area contributed by atoms with Crippen molar-refractivity contribution in [3.8, 4) is 6.07 Å². The van der Waals surface area contributed by atoms with Crippen LogP contribution in [0.5, 0.6) is 0 Å². The third-order valence-electron chi connectivity index (χ3n) is 4.39. The van der Waals surface area contributed by atoms with Gasteiger partial charge in [-0.1, -0.05) is 44.2 Å². The molecule has 0 amide bonds. The average molecular weight is 271 g/mol. The van der Waals surface area contributed by atoms with E-state index in [4.69, 9.17) is 5.73 Å². The van der Waals surface area contributed by atoms with E-state index in [9.17, 15) is 5.26 Å². The van der Waals surface area contributed by atoms with Crippen molar-refractivity contribution in [2.45, 2.75) is 38.6 Å². The molecule has 0 radical (unpaired) electrons. The molecule has 1 heterocycles. The van der Waals surface area contributed by atoms with Gasteiger partial charge in [0.1, 0.15) is 5.54 Å². The van der Waals surface area contributed by atoms with Gasteiger partial charge in [-0.2, -0.15) is 5.26 Å². The van der Waals surface area contributed by atoms with Crippen molar-refractivity contribution in [3.05, 3.63) is 35.9 Å². The van der Waals surface area contributed by atoms with E-state index in [-0.39, 0.29) is 0 Å². The molecule has 1 aliphatic heterocycles. The Balaban J connectivity index is 2.09. The van der Waals surface area contributed by atoms with Crippen LogP contribution in [0.4, 0.5) is 0 Å². The largest absolute Gasteiger partial charge is 0.309 e. The van der Waals surface area contributed by atoms with Crippen LogP contribution in [0.2, 0.25) is 0 Å². The van der Waals surface area contributed by atoms with Crippen molar-refractivity contribution in [2.24, 2.45) is 11.1 Å². The summed E-state index contributed by atoms with van der Waals surface area (Å²) < 4.78 is 0. The second kappa shape index (κ2) is 5.95. The van der Waals surface area contributed by atoms with Gasteiger partial charge in [0.2, 0.25) is 0 Å². The number of hydrogen-bond acceptors (Lipinski definition) is 3. The molecule has 0 saturated carbocycles. The summed E-state index contributed by atoms with van der Waals surface area (Å²) in [6, 6.07) is 12.1. The number of nitrogens with zero attached hydrogens (tertiary/aromatic N) is 2. The van der Waals surface area contributed by atoms with Crippen LogP contribution in [0.3, 0.4) is 0 Å². The molecule has 1 aromatic rings. The lowest BCUT2D eigenvalue weighted by Crippen LogP contribution is -2.47. The molecule has 20 heavy (non-hydrogen) atoms. The summed E-state index contributed by atoms with van der Waals surface area (Å²) in [5.41, 5.74) is 6.77. The zero-order valence-corrected chi connectivity index (χ0v) is 12.6. The number of likely N-dealkylation sites (tertiary alicyclic amines) is 1. The van der Waals surface area contributed by atoms with Gasteiger partial charge in [-0.25, -0.2) is 0 Å². The van der Waals surface area contributed by atoms with Crippen molar-refractivity contribution in [3.63, 3.8) is 0 Å². The summed E-state index contributed by atoms with van der Waals surface area (Å²) >= 11 is 0. The topological polar surface area (TPSA) is 53.0 Å². The molecule has 1 aliphatic rings. The van der Waals surface area contributed by atoms with E-state index < -0.39 is 5.54 Å². The zero-order valence-electron chi connectivity index (χ0n) is 12.6. The molecule has 3 heteroatoms. The molecule has 2 rings (SSSR count). The lowest BCUT2D eigenvalue weighted by Gasteiger charge is -2.30. The fourth-order valence-corrected chi connectivity index (χ4v) is 2.92. The summed E-state index contributed by atoms with van der Waals surface area (Å²) in [7, 11) is 0. The first kappa shape index (κ1) is 15.0. The Morgan fingerprint density at radius 1 is 1.25 bits per heavy atom. The van der Waals surface area contributed by atoms with Crippen LogP contribution in [0, 0.1) is 16.7 Å².